The standard InChI is InChI=1S/C18H16AsFN2O5S/c1-11(23)21-18-9-14(2-4-16(18)19(24,25)27-26)22-13-3-5-17(20)15(8-13)12-6-7-28-10-12/h2-10,22,26H,1H3,(H,21,23)(H,24,25). The van der Waals surface area contributed by atoms with Crippen molar-refractivity contribution in [1.29, 1.82) is 0 Å². The van der Waals surface area contributed by atoms with Crippen molar-refractivity contribution in [3.8, 4) is 11.1 Å². The molecule has 0 bridgehead atoms. The van der Waals surface area contributed by atoms with E-state index < -0.39 is 20.1 Å². The molecule has 1 heterocycles. The maximum atomic E-state index is 14.1. The van der Waals surface area contributed by atoms with Gasteiger partial charge in [-0.2, -0.15) is 0 Å². The molecule has 0 aliphatic heterocycles. The summed E-state index contributed by atoms with van der Waals surface area (Å²) in [5.74, 6) is -0.824. The molecule has 0 radical (unpaired) electrons. The Morgan fingerprint density at radius 2 is 1.89 bits per heavy atom. The first kappa shape index (κ1) is 20.3. The average Bonchev–Trinajstić information content (AvgIpc) is 3.17. The third-order valence-electron chi connectivity index (χ3n) is 3.81. The van der Waals surface area contributed by atoms with Crippen molar-refractivity contribution < 1.29 is 26.2 Å². The summed E-state index contributed by atoms with van der Waals surface area (Å²) in [4.78, 5) is 11.4. The zero-order valence-electron chi connectivity index (χ0n) is 14.5. The molecule has 0 fully saturated rings. The van der Waals surface area contributed by atoms with E-state index in [1.165, 1.54) is 42.5 Å². The van der Waals surface area contributed by atoms with Crippen molar-refractivity contribution in [3.05, 3.63) is 59.0 Å². The van der Waals surface area contributed by atoms with Gasteiger partial charge in [0.2, 0.25) is 0 Å². The van der Waals surface area contributed by atoms with Crippen molar-refractivity contribution in [2.45, 2.75) is 6.92 Å². The minimum absolute atomic E-state index is 0.0247. The van der Waals surface area contributed by atoms with E-state index >= 15 is 0 Å². The van der Waals surface area contributed by atoms with Gasteiger partial charge in [-0.1, -0.05) is 0 Å². The van der Waals surface area contributed by atoms with Crippen molar-refractivity contribution >= 4 is 52.8 Å². The topological polar surface area (TPSA) is 108 Å². The fourth-order valence-corrected chi connectivity index (χ4v) is 4.89. The molecule has 146 valence electrons. The number of hydrogen-bond donors (Lipinski definition) is 4. The van der Waals surface area contributed by atoms with Crippen LogP contribution in [0, 0.1) is 5.82 Å². The molecule has 1 aromatic heterocycles. The molecule has 1 unspecified atom stereocenters. The summed E-state index contributed by atoms with van der Waals surface area (Å²) >= 11 is -3.73. The van der Waals surface area contributed by atoms with Crippen LogP contribution in [0.15, 0.2) is 53.2 Å². The number of carbonyl (C=O) groups excluding carboxylic acids is 1. The number of nitrogens with one attached hydrogen (secondary N) is 2. The summed E-state index contributed by atoms with van der Waals surface area (Å²) < 4.78 is 39.4. The predicted octanol–water partition coefficient (Wildman–Crippen LogP) is 3.31. The Morgan fingerprint density at radius 1 is 1.18 bits per heavy atom. The molecule has 28 heavy (non-hydrogen) atoms. The van der Waals surface area contributed by atoms with Crippen LogP contribution in [-0.4, -0.2) is 29.4 Å². The quantitative estimate of drug-likeness (QED) is 0.252. The molecule has 3 rings (SSSR count). The fraction of sp³-hybridized carbons (Fsp3) is 0.0556. The van der Waals surface area contributed by atoms with E-state index in [0.717, 1.165) is 5.56 Å². The third-order valence-corrected chi connectivity index (χ3v) is 7.05. The number of benzene rings is 2. The van der Waals surface area contributed by atoms with Crippen molar-refractivity contribution in [2.24, 2.45) is 0 Å². The van der Waals surface area contributed by atoms with Crippen molar-refractivity contribution in [2.75, 3.05) is 10.6 Å². The molecule has 3 aromatic rings. The average molecular weight is 466 g/mol. The molecule has 1 amide bonds. The molecular weight excluding hydrogens is 450 g/mol. The number of carbonyl (C=O) groups is 1. The van der Waals surface area contributed by atoms with Crippen LogP contribution in [0.4, 0.5) is 21.5 Å². The summed E-state index contributed by atoms with van der Waals surface area (Å²) in [5, 5.41) is 17.9. The summed E-state index contributed by atoms with van der Waals surface area (Å²) in [6.07, 6.45) is 0. The Bertz CT molecular complexity index is 1060. The van der Waals surface area contributed by atoms with Gasteiger partial charge in [0.05, 0.1) is 0 Å². The molecule has 0 spiro atoms. The first-order chi connectivity index (χ1) is 13.3. The van der Waals surface area contributed by atoms with E-state index in [9.17, 15) is 17.0 Å². The van der Waals surface area contributed by atoms with Crippen LogP contribution in [0.25, 0.3) is 11.1 Å². The van der Waals surface area contributed by atoms with Crippen LogP contribution in [-0.2, 0) is 12.4 Å². The Kier molecular flexibility index (Phi) is 6.02. The first-order valence-corrected chi connectivity index (χ1v) is 12.2. The van der Waals surface area contributed by atoms with E-state index in [1.54, 1.807) is 12.1 Å². The number of halogens is 1. The minimum atomic E-state index is -5.19. The van der Waals surface area contributed by atoms with E-state index in [1.807, 2.05) is 16.8 Å². The van der Waals surface area contributed by atoms with Crippen LogP contribution in [0.1, 0.15) is 6.92 Å². The molecule has 10 heteroatoms. The summed E-state index contributed by atoms with van der Waals surface area (Å²) in [5.41, 5.74) is 2.27. The van der Waals surface area contributed by atoms with E-state index in [2.05, 4.69) is 14.5 Å². The van der Waals surface area contributed by atoms with E-state index in [4.69, 9.17) is 5.26 Å². The molecule has 2 aromatic carbocycles. The monoisotopic (exact) mass is 466 g/mol. The number of amides is 1. The normalized spacial score (nSPS) is 13.0. The number of rotatable bonds is 6. The van der Waals surface area contributed by atoms with Gasteiger partial charge in [0.25, 0.3) is 0 Å². The van der Waals surface area contributed by atoms with Crippen LogP contribution < -0.4 is 15.0 Å². The van der Waals surface area contributed by atoms with Gasteiger partial charge in [0, 0.05) is 0 Å². The SMILES string of the molecule is CC(=O)Nc1cc(Nc2ccc(F)c(-c3ccsc3)c2)ccc1[As](=O)(O)OO. The van der Waals surface area contributed by atoms with Gasteiger partial charge in [-0.25, -0.2) is 0 Å². The van der Waals surface area contributed by atoms with Crippen molar-refractivity contribution in [1.82, 2.24) is 0 Å². The Labute approximate surface area is 166 Å². The van der Waals surface area contributed by atoms with Crippen LogP contribution in [0.3, 0.4) is 0 Å². The number of anilines is 3. The molecule has 0 saturated heterocycles. The third kappa shape index (κ3) is 4.52. The number of hydrogen-bond acceptors (Lipinski definition) is 6. The molecule has 4 N–H and O–H groups in total. The Morgan fingerprint density at radius 3 is 2.54 bits per heavy atom. The number of thiophene rings is 1. The molecule has 1 atom stereocenters. The van der Waals surface area contributed by atoms with Gasteiger partial charge in [-0.3, -0.25) is 0 Å². The molecule has 0 aliphatic rings. The van der Waals surface area contributed by atoms with Crippen LogP contribution in [0.2, 0.25) is 0 Å². The molecule has 0 aliphatic carbocycles. The van der Waals surface area contributed by atoms with Gasteiger partial charge in [-0.05, 0) is 0 Å². The molecular formula is C18H16AsFN2O5S. The van der Waals surface area contributed by atoms with Gasteiger partial charge in [0.1, 0.15) is 0 Å². The van der Waals surface area contributed by atoms with Crippen LogP contribution in [0.5, 0.6) is 0 Å². The van der Waals surface area contributed by atoms with Gasteiger partial charge < -0.3 is 0 Å². The van der Waals surface area contributed by atoms with Gasteiger partial charge in [-0.15, -0.1) is 0 Å². The zero-order valence-corrected chi connectivity index (χ0v) is 17.2. The summed E-state index contributed by atoms with van der Waals surface area (Å²) in [6, 6.07) is 10.5. The second kappa shape index (κ2) is 8.30. The summed E-state index contributed by atoms with van der Waals surface area (Å²) in [7, 11) is 0. The zero-order chi connectivity index (χ0) is 20.3. The first-order valence-electron chi connectivity index (χ1n) is 7.97. The Hall–Kier alpha value is -2.42. The fourth-order valence-electron chi connectivity index (χ4n) is 2.60. The predicted molar refractivity (Wildman–Crippen MR) is 106 cm³/mol. The van der Waals surface area contributed by atoms with E-state index in [-0.39, 0.29) is 15.9 Å². The van der Waals surface area contributed by atoms with E-state index in [0.29, 0.717) is 16.9 Å². The molecule has 0 saturated carbocycles. The van der Waals surface area contributed by atoms with Crippen molar-refractivity contribution in [3.63, 3.8) is 0 Å². The van der Waals surface area contributed by atoms with Crippen LogP contribution >= 0.6 is 11.3 Å². The van der Waals surface area contributed by atoms with Gasteiger partial charge >= 0.3 is 167 Å². The molecule has 7 nitrogen and oxygen atoms in total. The maximum absolute atomic E-state index is 14.1. The second-order valence-electron chi connectivity index (χ2n) is 5.85. The summed E-state index contributed by atoms with van der Waals surface area (Å²) in [6.45, 7) is 1.24. The Balaban J connectivity index is 1.96. The second-order valence-corrected chi connectivity index (χ2v) is 10.2. The van der Waals surface area contributed by atoms with Gasteiger partial charge in [0.15, 0.2) is 0 Å².